The maximum Gasteiger partial charge on any atom is 0.329 e. The van der Waals surface area contributed by atoms with E-state index >= 15 is 0 Å². The largest absolute Gasteiger partial charge is 0.528 e. The number of hydrogen-bond acceptors (Lipinski definition) is 4. The number of hydrogen-bond donors (Lipinski definition) is 2. The van der Waals surface area contributed by atoms with Crippen LogP contribution in [0.25, 0.3) is 0 Å². The number of ether oxygens (including phenoxy) is 2. The number of amides is 1. The van der Waals surface area contributed by atoms with Crippen LogP contribution in [0.1, 0.15) is 6.42 Å². The molecule has 0 unspecified atom stereocenters. The van der Waals surface area contributed by atoms with E-state index in [1.54, 1.807) is 0 Å². The molecule has 0 fully saturated rings. The van der Waals surface area contributed by atoms with E-state index in [1.165, 1.54) is 6.41 Å². The Morgan fingerprint density at radius 2 is 1.93 bits per heavy atom. The summed E-state index contributed by atoms with van der Waals surface area (Å²) in [6.45, 7) is 1.43. The molecule has 0 saturated heterocycles. The summed E-state index contributed by atoms with van der Waals surface area (Å²) >= 11 is 0. The van der Waals surface area contributed by atoms with Gasteiger partial charge in [0.2, 0.25) is 0 Å². The summed E-state index contributed by atoms with van der Waals surface area (Å²) in [6.07, 6.45) is 2.16. The molecular formula is C8H14FmNO5-. The molecule has 0 aromatic carbocycles. The van der Waals surface area contributed by atoms with Gasteiger partial charge in [0, 0.05) is 19.8 Å². The van der Waals surface area contributed by atoms with Gasteiger partial charge in [-0.05, 0) is 6.42 Å². The Kier molecular flexibility index (Phi) is 12.1. The zero-order valence-corrected chi connectivity index (χ0v) is 10.5. The summed E-state index contributed by atoms with van der Waals surface area (Å²) < 4.78 is 9.84. The Morgan fingerprint density at radius 3 is 2.53 bits per heavy atom. The molecule has 0 spiro atoms. The topological polar surface area (TPSA) is 84.9 Å². The molecule has 0 saturated carbocycles. The van der Waals surface area contributed by atoms with Crippen molar-refractivity contribution in [1.82, 2.24) is 5.32 Å². The molecule has 0 heterocycles. The molecule has 0 aliphatic heterocycles. The summed E-state index contributed by atoms with van der Waals surface area (Å²) in [5, 5.41) is 10.5. The van der Waals surface area contributed by atoms with Crippen LogP contribution in [-0.4, -0.2) is 50.5 Å². The molecule has 15 heavy (non-hydrogen) atoms. The third kappa shape index (κ3) is 14.7. The molecule has 0 rings (SSSR count). The first-order valence-electron chi connectivity index (χ1n) is 4.24. The second kappa shape index (κ2) is 11.9. The van der Waals surface area contributed by atoms with Gasteiger partial charge in [-0.15, -0.1) is 0 Å². The van der Waals surface area contributed by atoms with Crippen molar-refractivity contribution in [2.75, 3.05) is 33.0 Å². The molecule has 6 nitrogen and oxygen atoms in total. The van der Waals surface area contributed by atoms with Gasteiger partial charge in [-0.3, -0.25) is 0 Å². The van der Waals surface area contributed by atoms with Crippen LogP contribution >= 0.6 is 0 Å². The normalized spacial score (nSPS) is 9.07. The van der Waals surface area contributed by atoms with E-state index in [0.29, 0.717) is 32.8 Å². The standard InChI is InChI=1S/C8H14NO5.Fm/c10-7-9-2-5-13-3-1-4-14-6-8(11)12;/h1-6H2,(H,9,10)(H,11,12);/q-1;. The van der Waals surface area contributed by atoms with Crippen molar-refractivity contribution >= 4 is 12.4 Å². The van der Waals surface area contributed by atoms with E-state index in [1.807, 2.05) is 0 Å². The van der Waals surface area contributed by atoms with Gasteiger partial charge in [0.15, 0.2) is 0 Å². The quantitative estimate of drug-likeness (QED) is 0.252. The molecule has 0 atom stereocenters. The van der Waals surface area contributed by atoms with E-state index in [-0.39, 0.29) is 6.61 Å². The molecule has 7 heteroatoms. The molecule has 94 valence electrons. The van der Waals surface area contributed by atoms with Gasteiger partial charge in [-0.25, -0.2) is 4.79 Å². The van der Waals surface area contributed by atoms with Crippen LogP contribution in [0.5, 0.6) is 0 Å². The van der Waals surface area contributed by atoms with Crippen LogP contribution in [0.2, 0.25) is 0 Å². The maximum atomic E-state index is 10.0. The van der Waals surface area contributed by atoms with E-state index in [0.717, 1.165) is 0 Å². The number of rotatable bonds is 10. The van der Waals surface area contributed by atoms with E-state index < -0.39 is 5.97 Å². The van der Waals surface area contributed by atoms with Crippen molar-refractivity contribution in [3.8, 4) is 0 Å². The van der Waals surface area contributed by atoms with Crippen molar-refractivity contribution < 1.29 is 24.2 Å². The van der Waals surface area contributed by atoms with Gasteiger partial charge >= 0.3 is 5.97 Å². The molecule has 0 radical (unpaired) electrons. The minimum absolute atomic E-state index is 0. The number of nitrogens with one attached hydrogen (secondary N) is 1. The molecule has 0 aromatic rings. The second-order valence-electron chi connectivity index (χ2n) is 2.44. The van der Waals surface area contributed by atoms with Crippen LogP contribution in [0.4, 0.5) is 0 Å². The minimum atomic E-state index is -0.975. The second-order valence-corrected chi connectivity index (χ2v) is 2.44. The van der Waals surface area contributed by atoms with Crippen LogP contribution < -0.4 is 5.32 Å². The van der Waals surface area contributed by atoms with Gasteiger partial charge in [-0.2, -0.15) is 6.41 Å². The molecule has 1 amide bonds. The Labute approximate surface area is 82.2 Å². The number of carboxylic acid groups (broad SMARTS) is 1. The molecule has 0 aliphatic carbocycles. The minimum Gasteiger partial charge on any atom is -0.528 e. The first-order chi connectivity index (χ1) is 6.77. The molecule has 0 bridgehead atoms. The predicted octanol–water partition coefficient (Wildman–Crippen LogP) is -0.849. The molecule has 0 aliphatic rings. The third-order valence-corrected chi connectivity index (χ3v) is 1.25. The fraction of sp³-hybridized carbons (Fsp3) is 0.750. The first kappa shape index (κ1) is 15.3. The Balaban J connectivity index is 0. The average Bonchev–Trinajstić information content (AvgIpc) is 2.15. The van der Waals surface area contributed by atoms with Crippen LogP contribution in [0.3, 0.4) is 0 Å². The van der Waals surface area contributed by atoms with Crippen molar-refractivity contribution in [1.29, 1.82) is 0 Å². The number of carbonyl (C=O) groups is 1. The van der Waals surface area contributed by atoms with Gasteiger partial charge in [-0.1, -0.05) is 0 Å². The predicted molar refractivity (Wildman–Crippen MR) is 47.6 cm³/mol. The summed E-state index contributed by atoms with van der Waals surface area (Å²) in [5.41, 5.74) is 0. The molecule has 2 N–H and O–H groups in total. The number of carbonyl (C=O) groups excluding carboxylic acids is 1. The van der Waals surface area contributed by atoms with Crippen LogP contribution in [-0.2, 0) is 19.1 Å². The van der Waals surface area contributed by atoms with Gasteiger partial charge in [0.25, 0.3) is 0 Å². The summed E-state index contributed by atoms with van der Waals surface area (Å²) in [5.74, 6) is -0.975. The molecular weight excluding hydrogens is 447 g/mol. The number of carboxylic acids is 1. The fourth-order valence-electron chi connectivity index (χ4n) is 0.699. The molecule has 0 aromatic heterocycles. The first-order valence-corrected chi connectivity index (χ1v) is 4.24. The van der Waals surface area contributed by atoms with Gasteiger partial charge in [0.05, 0.1) is 6.61 Å². The Morgan fingerprint density at radius 1 is 1.27 bits per heavy atom. The van der Waals surface area contributed by atoms with Crippen LogP contribution in [0, 0.1) is 0 Å². The van der Waals surface area contributed by atoms with Crippen LogP contribution in [0.15, 0.2) is 0 Å². The van der Waals surface area contributed by atoms with E-state index in [2.05, 4.69) is 5.32 Å². The van der Waals surface area contributed by atoms with Crippen molar-refractivity contribution in [3.63, 3.8) is 0 Å². The van der Waals surface area contributed by atoms with E-state index in [4.69, 9.17) is 14.6 Å². The maximum absolute atomic E-state index is 10.0. The Hall–Kier alpha value is -2.14. The monoisotopic (exact) mass is 461 g/mol. The smallest absolute Gasteiger partial charge is 0.329 e. The third-order valence-electron chi connectivity index (χ3n) is 1.25. The van der Waals surface area contributed by atoms with Crippen molar-refractivity contribution in [3.05, 3.63) is 0 Å². The summed E-state index contributed by atoms with van der Waals surface area (Å²) in [6, 6.07) is 0. The zero-order chi connectivity index (χ0) is 10.6. The number of aliphatic carboxylic acids is 1. The van der Waals surface area contributed by atoms with Gasteiger partial charge < -0.3 is 24.7 Å². The zero-order valence-electron chi connectivity index (χ0n) is 8.11. The summed E-state index contributed by atoms with van der Waals surface area (Å²) in [4.78, 5) is 19.7. The van der Waals surface area contributed by atoms with Gasteiger partial charge in [0.1, 0.15) is 6.61 Å². The van der Waals surface area contributed by atoms with E-state index in [9.17, 15) is 9.59 Å². The fourth-order valence-corrected chi connectivity index (χ4v) is 0.699. The Bertz CT molecular complexity index is 167. The SMILES string of the molecule is O=[C-]NCCOCCCOCC(=O)O.[Fm]. The summed E-state index contributed by atoms with van der Waals surface area (Å²) in [7, 11) is 0. The van der Waals surface area contributed by atoms with Crippen molar-refractivity contribution in [2.24, 2.45) is 0 Å². The average molecular weight is 461 g/mol. The van der Waals surface area contributed by atoms with Crippen molar-refractivity contribution in [2.45, 2.75) is 6.42 Å².